The third kappa shape index (κ3) is 2.79. The van der Waals surface area contributed by atoms with Crippen LogP contribution >= 0.6 is 0 Å². The minimum atomic E-state index is 0.513. The fourth-order valence-electron chi connectivity index (χ4n) is 4.32. The summed E-state index contributed by atoms with van der Waals surface area (Å²) in [6.45, 7) is 5.46. The van der Waals surface area contributed by atoms with E-state index in [1.165, 1.54) is 38.0 Å². The molecule has 2 fully saturated rings. The third-order valence-corrected chi connectivity index (χ3v) is 5.86. The van der Waals surface area contributed by atoms with Crippen molar-refractivity contribution in [2.24, 2.45) is 12.5 Å². The Morgan fingerprint density at radius 3 is 2.88 bits per heavy atom. The summed E-state index contributed by atoms with van der Waals surface area (Å²) in [6, 6.07) is 4.81. The normalized spacial score (nSPS) is 26.7. The number of hydrogen-bond donors (Lipinski definition) is 0. The van der Waals surface area contributed by atoms with Gasteiger partial charge in [-0.05, 0) is 44.2 Å². The second kappa shape index (κ2) is 5.84. The summed E-state index contributed by atoms with van der Waals surface area (Å²) >= 11 is 0. The predicted octanol–water partition coefficient (Wildman–Crippen LogP) is 2.01. The zero-order chi connectivity index (χ0) is 16.7. The summed E-state index contributed by atoms with van der Waals surface area (Å²) in [6.07, 6.45) is 7.42. The van der Waals surface area contributed by atoms with E-state index in [0.717, 1.165) is 18.1 Å². The van der Waals surface area contributed by atoms with Gasteiger partial charge in [0.25, 0.3) is 0 Å². The van der Waals surface area contributed by atoms with Crippen LogP contribution in [0.1, 0.15) is 30.7 Å². The minimum Gasteiger partial charge on any atom is -0.357 e. The van der Waals surface area contributed by atoms with Crippen LogP contribution in [-0.4, -0.2) is 50.8 Å². The van der Waals surface area contributed by atoms with Crippen molar-refractivity contribution in [3.05, 3.63) is 36.0 Å². The van der Waals surface area contributed by atoms with Crippen molar-refractivity contribution in [1.29, 1.82) is 0 Å². The lowest BCUT2D eigenvalue weighted by atomic mass is 9.64. The molecule has 1 aliphatic heterocycles. The Morgan fingerprint density at radius 2 is 2.17 bits per heavy atom. The summed E-state index contributed by atoms with van der Waals surface area (Å²) in [5, 5.41) is 4.28. The van der Waals surface area contributed by atoms with Crippen molar-refractivity contribution >= 4 is 5.82 Å². The summed E-state index contributed by atoms with van der Waals surface area (Å²) < 4.78 is 1.99. The Balaban J connectivity index is 1.34. The molecule has 2 aromatic rings. The minimum absolute atomic E-state index is 0.513. The largest absolute Gasteiger partial charge is 0.357 e. The second-order valence-corrected chi connectivity index (χ2v) is 7.60. The Hall–Kier alpha value is -1.95. The van der Waals surface area contributed by atoms with Crippen molar-refractivity contribution in [3.8, 4) is 0 Å². The van der Waals surface area contributed by atoms with E-state index >= 15 is 0 Å². The van der Waals surface area contributed by atoms with Gasteiger partial charge in [-0.3, -0.25) is 9.58 Å². The van der Waals surface area contributed by atoms with Gasteiger partial charge in [0.05, 0.1) is 5.69 Å². The molecule has 6 heteroatoms. The van der Waals surface area contributed by atoms with Crippen LogP contribution in [0.3, 0.4) is 0 Å². The lowest BCUT2D eigenvalue weighted by Gasteiger charge is -2.49. The highest BCUT2D eigenvalue weighted by Gasteiger charge is 2.49. The van der Waals surface area contributed by atoms with Gasteiger partial charge in [0, 0.05) is 51.2 Å². The van der Waals surface area contributed by atoms with E-state index in [-0.39, 0.29) is 0 Å². The molecule has 3 heterocycles. The van der Waals surface area contributed by atoms with Crippen LogP contribution in [-0.2, 0) is 13.6 Å². The first kappa shape index (κ1) is 15.6. The lowest BCUT2D eigenvalue weighted by molar-refractivity contribution is 0.106. The molecule has 0 aromatic carbocycles. The maximum atomic E-state index is 4.43. The zero-order valence-corrected chi connectivity index (χ0v) is 14.8. The van der Waals surface area contributed by atoms with Crippen molar-refractivity contribution in [1.82, 2.24) is 24.6 Å². The summed E-state index contributed by atoms with van der Waals surface area (Å²) in [4.78, 5) is 13.5. The van der Waals surface area contributed by atoms with Crippen LogP contribution in [0.25, 0.3) is 0 Å². The molecule has 4 rings (SSSR count). The van der Waals surface area contributed by atoms with Crippen molar-refractivity contribution in [3.63, 3.8) is 0 Å². The van der Waals surface area contributed by atoms with Gasteiger partial charge in [0.1, 0.15) is 12.1 Å². The first-order valence-electron chi connectivity index (χ1n) is 8.75. The number of aromatic nitrogens is 4. The van der Waals surface area contributed by atoms with Crippen LogP contribution in [0.15, 0.2) is 24.7 Å². The molecule has 128 valence electrons. The molecule has 1 spiro atoms. The highest BCUT2D eigenvalue weighted by atomic mass is 15.3. The Bertz CT molecular complexity index is 718. The standard InChI is InChI=1S/C18H26N6/c1-14-8-17(20-13-19-14)22(2)16-9-18(10-16)5-7-24(12-18)11-15-4-6-21-23(15)3/h4,6,8,13,16H,5,7,9-12H2,1-3H3. The average Bonchev–Trinajstić information content (AvgIpc) is 3.13. The number of anilines is 1. The van der Waals surface area contributed by atoms with Crippen molar-refractivity contribution in [2.75, 3.05) is 25.0 Å². The SMILES string of the molecule is Cc1cc(N(C)C2CC3(CCN(Cc4ccnn4C)C3)C2)ncn1. The molecule has 6 nitrogen and oxygen atoms in total. The summed E-state index contributed by atoms with van der Waals surface area (Å²) in [5.74, 6) is 1.05. The van der Waals surface area contributed by atoms with Crippen LogP contribution < -0.4 is 4.90 Å². The van der Waals surface area contributed by atoms with E-state index in [4.69, 9.17) is 0 Å². The Kier molecular flexibility index (Phi) is 3.79. The van der Waals surface area contributed by atoms with Gasteiger partial charge in [-0.2, -0.15) is 5.10 Å². The zero-order valence-electron chi connectivity index (χ0n) is 14.8. The van der Waals surface area contributed by atoms with Crippen molar-refractivity contribution < 1.29 is 0 Å². The molecule has 0 atom stereocenters. The number of aryl methyl sites for hydroxylation is 2. The topological polar surface area (TPSA) is 50.1 Å². The maximum absolute atomic E-state index is 4.43. The molecule has 0 radical (unpaired) electrons. The van der Waals surface area contributed by atoms with Gasteiger partial charge in [-0.15, -0.1) is 0 Å². The first-order valence-corrected chi connectivity index (χ1v) is 8.75. The molecule has 0 N–H and O–H groups in total. The molecule has 0 unspecified atom stereocenters. The lowest BCUT2D eigenvalue weighted by Crippen LogP contribution is -2.51. The van der Waals surface area contributed by atoms with Gasteiger partial charge in [0.15, 0.2) is 0 Å². The molecule has 2 aliphatic rings. The van der Waals surface area contributed by atoms with Crippen LogP contribution in [0.4, 0.5) is 5.82 Å². The van der Waals surface area contributed by atoms with E-state index in [1.54, 1.807) is 6.33 Å². The average molecular weight is 326 g/mol. The molecule has 1 saturated carbocycles. The molecule has 1 aliphatic carbocycles. The van der Waals surface area contributed by atoms with E-state index in [2.05, 4.69) is 44.0 Å². The Morgan fingerprint density at radius 1 is 1.33 bits per heavy atom. The van der Waals surface area contributed by atoms with E-state index in [9.17, 15) is 0 Å². The van der Waals surface area contributed by atoms with Crippen LogP contribution in [0, 0.1) is 12.3 Å². The summed E-state index contributed by atoms with van der Waals surface area (Å²) in [5.41, 5.74) is 2.85. The Labute approximate surface area is 143 Å². The summed E-state index contributed by atoms with van der Waals surface area (Å²) in [7, 11) is 4.20. The van der Waals surface area contributed by atoms with E-state index in [0.29, 0.717) is 11.5 Å². The van der Waals surface area contributed by atoms with Crippen LogP contribution in [0.2, 0.25) is 0 Å². The molecule has 0 amide bonds. The number of hydrogen-bond acceptors (Lipinski definition) is 5. The highest BCUT2D eigenvalue weighted by molar-refractivity contribution is 5.40. The second-order valence-electron chi connectivity index (χ2n) is 7.60. The van der Waals surface area contributed by atoms with Gasteiger partial charge < -0.3 is 4.90 Å². The van der Waals surface area contributed by atoms with Gasteiger partial charge in [0.2, 0.25) is 0 Å². The number of nitrogens with zero attached hydrogens (tertiary/aromatic N) is 6. The molecular weight excluding hydrogens is 300 g/mol. The fourth-order valence-corrected chi connectivity index (χ4v) is 4.32. The maximum Gasteiger partial charge on any atom is 0.132 e. The van der Waals surface area contributed by atoms with E-state index < -0.39 is 0 Å². The molecular formula is C18H26N6. The van der Waals surface area contributed by atoms with Crippen LogP contribution in [0.5, 0.6) is 0 Å². The first-order chi connectivity index (χ1) is 11.5. The molecule has 0 bridgehead atoms. The predicted molar refractivity (Wildman–Crippen MR) is 93.7 cm³/mol. The van der Waals surface area contributed by atoms with Gasteiger partial charge >= 0.3 is 0 Å². The molecule has 1 saturated heterocycles. The fraction of sp³-hybridized carbons (Fsp3) is 0.611. The number of likely N-dealkylation sites (tertiary alicyclic amines) is 1. The third-order valence-electron chi connectivity index (χ3n) is 5.86. The van der Waals surface area contributed by atoms with Gasteiger partial charge in [-0.1, -0.05) is 0 Å². The monoisotopic (exact) mass is 326 g/mol. The smallest absolute Gasteiger partial charge is 0.132 e. The number of rotatable bonds is 4. The quantitative estimate of drug-likeness (QED) is 0.860. The molecule has 24 heavy (non-hydrogen) atoms. The van der Waals surface area contributed by atoms with Crippen molar-refractivity contribution in [2.45, 2.75) is 38.8 Å². The van der Waals surface area contributed by atoms with Gasteiger partial charge in [-0.25, -0.2) is 9.97 Å². The molecule has 2 aromatic heterocycles. The highest BCUT2D eigenvalue weighted by Crippen LogP contribution is 2.50. The van der Waals surface area contributed by atoms with E-state index in [1.807, 2.05) is 24.9 Å².